The second kappa shape index (κ2) is 28.1. The van der Waals surface area contributed by atoms with Crippen molar-refractivity contribution in [1.29, 1.82) is 0 Å². The number of rotatable bonds is 23. The zero-order valence-electron chi connectivity index (χ0n) is 42.7. The Balaban J connectivity index is 1.50. The fourth-order valence-corrected chi connectivity index (χ4v) is 10.2. The lowest BCUT2D eigenvalue weighted by molar-refractivity contribution is -0.416. The van der Waals surface area contributed by atoms with Crippen LogP contribution in [0.25, 0.3) is 0 Å². The van der Waals surface area contributed by atoms with Crippen molar-refractivity contribution >= 4 is 17.8 Å². The highest BCUT2D eigenvalue weighted by atomic mass is 16.8. The first-order chi connectivity index (χ1) is 38.0. The van der Waals surface area contributed by atoms with E-state index in [1.54, 1.807) is 0 Å². The molecule has 6 heterocycles. The molecule has 470 valence electrons. The van der Waals surface area contributed by atoms with Gasteiger partial charge in [-0.2, -0.15) is 0 Å². The summed E-state index contributed by atoms with van der Waals surface area (Å²) < 4.78 is 63.9. The first-order valence-electron chi connectivity index (χ1n) is 25.3. The van der Waals surface area contributed by atoms with Crippen LogP contribution in [0.4, 0.5) is 0 Å². The molecule has 81 heavy (non-hydrogen) atoms. The van der Waals surface area contributed by atoms with Crippen LogP contribution in [0.1, 0.15) is 26.2 Å². The van der Waals surface area contributed by atoms with Crippen molar-refractivity contribution in [2.75, 3.05) is 39.6 Å². The number of aliphatic carboxylic acids is 2. The Morgan fingerprint density at radius 2 is 1.06 bits per heavy atom. The zero-order valence-corrected chi connectivity index (χ0v) is 42.7. The summed E-state index contributed by atoms with van der Waals surface area (Å²) in [5, 5.41) is 239. The van der Waals surface area contributed by atoms with Gasteiger partial charge in [-0.05, 0) is 0 Å². The Kier molecular flexibility index (Phi) is 23.4. The molecule has 0 aromatic heterocycles. The van der Waals surface area contributed by atoms with Gasteiger partial charge in [-0.25, -0.2) is 9.59 Å². The molecule has 0 radical (unpaired) electrons. The average Bonchev–Trinajstić information content (AvgIpc) is 3.62. The number of carboxylic acid groups (broad SMARTS) is 2. The minimum Gasteiger partial charge on any atom is -0.477 e. The van der Waals surface area contributed by atoms with Crippen LogP contribution >= 0.6 is 0 Å². The van der Waals surface area contributed by atoms with Crippen LogP contribution in [0, 0.1) is 0 Å². The lowest BCUT2D eigenvalue weighted by Crippen LogP contribution is -2.71. The smallest absolute Gasteiger partial charge is 0.364 e. The number of carboxylic acids is 2. The summed E-state index contributed by atoms with van der Waals surface area (Å²) in [6.07, 6.45) is -65.7. The van der Waals surface area contributed by atoms with Crippen LogP contribution in [0.5, 0.6) is 0 Å². The molecular formula is C44H73NO36. The van der Waals surface area contributed by atoms with Crippen LogP contribution in [-0.2, 0) is 66.5 Å². The SMILES string of the molecule is CC(=O)N[C@H]1[C@@H](O[C@@H]2[C@@H](O[C@@H]3[C@H](O)[C@@H](O[C@H]4[C@@H]([C@H](O)CO)O[C@@](O)(C(=O)O)C[C@H]4O[C@]4(C(=O)O)C[C@@H](O)[C@@H](O)[C@@H]([C@H](O)CO)O4)O[C@H]([C@@H](O)CO)[C@H]3O[C@@H]3O[C@H](CO)C[C@H](O)[C@H]3O)O[C@H]([C@@H](O)CO)[C@@H](O)[C@@H]2O)O[C@H](CO)[C@@H](O)[C@@H]1O. The number of hydrogen-bond acceptors (Lipinski definition) is 34. The number of amides is 1. The molecule has 0 aliphatic carbocycles. The summed E-state index contributed by atoms with van der Waals surface area (Å²) in [6.45, 7) is -6.14. The first-order valence-corrected chi connectivity index (χ1v) is 25.3. The van der Waals surface area contributed by atoms with Crippen molar-refractivity contribution in [2.45, 2.75) is 215 Å². The third-order valence-electron chi connectivity index (χ3n) is 14.6. The predicted octanol–water partition coefficient (Wildman–Crippen LogP) is -14.5. The topological polar surface area (TPSA) is 610 Å². The molecule has 1 amide bonds. The lowest BCUT2D eigenvalue weighted by atomic mass is 9.89. The van der Waals surface area contributed by atoms with E-state index in [-0.39, 0.29) is 0 Å². The third kappa shape index (κ3) is 14.4. The van der Waals surface area contributed by atoms with Gasteiger partial charge in [0.1, 0.15) is 128 Å². The van der Waals surface area contributed by atoms with Crippen molar-refractivity contribution < 1.29 is 179 Å². The number of hydrogen-bond donors (Lipinski definition) is 23. The molecule has 37 nitrogen and oxygen atoms in total. The summed E-state index contributed by atoms with van der Waals surface area (Å²) in [7, 11) is 0. The summed E-state index contributed by atoms with van der Waals surface area (Å²) in [4.78, 5) is 38.2. The molecule has 37 heteroatoms. The van der Waals surface area contributed by atoms with Crippen molar-refractivity contribution in [3.8, 4) is 0 Å². The Morgan fingerprint density at radius 1 is 0.519 bits per heavy atom. The predicted molar refractivity (Wildman–Crippen MR) is 244 cm³/mol. The van der Waals surface area contributed by atoms with E-state index < -0.39 is 266 Å². The Morgan fingerprint density at radius 3 is 1.63 bits per heavy atom. The monoisotopic (exact) mass is 1190 g/mol. The molecule has 0 aromatic rings. The second-order valence-corrected chi connectivity index (χ2v) is 20.3. The van der Waals surface area contributed by atoms with Gasteiger partial charge in [0, 0.05) is 26.2 Å². The van der Waals surface area contributed by atoms with E-state index in [4.69, 9.17) is 52.1 Å². The maximum Gasteiger partial charge on any atom is 0.364 e. The van der Waals surface area contributed by atoms with Crippen molar-refractivity contribution in [1.82, 2.24) is 5.32 Å². The van der Waals surface area contributed by atoms with E-state index in [9.17, 15) is 127 Å². The number of carbonyl (C=O) groups excluding carboxylic acids is 1. The molecular weight excluding hydrogens is 1120 g/mol. The molecule has 0 aromatic carbocycles. The molecule has 23 N–H and O–H groups in total. The molecule has 0 unspecified atom stereocenters. The first kappa shape index (κ1) is 67.3. The van der Waals surface area contributed by atoms with Crippen LogP contribution in [0.15, 0.2) is 0 Å². The standard InChI is InChI=1S/C44H73NO36/c1-11(52)45-21-25(62)24(61)20(10-51)72-37(21)77-35-27(64)26(63)29(15(55)6-47)73-40(35)76-34-28(65)39(74-31(17(57)8-49)36(34)78-38-23(60)13(53)2-12(5-46)71-38)75-33-19(4-43(70,41(66)67)80-32(33)18(58)9-50)79-44(42(68)69)3-14(54)22(59)30(81-44)16(56)7-48/h12-40,46-51,53-65,70H,2-10H2,1H3,(H,45,52)(H,66,67)(H,68,69)/t12-,13-,14+,15-,16+,17-,18+,19+,20+,21+,22+,23+,24+,25+,26-,27-,28-,29+,30+,31+,32+,33+,34+,35-,36+,37+,38-,39+,40+,43+,44+/m0/s1. The van der Waals surface area contributed by atoms with Gasteiger partial charge in [0.25, 0.3) is 11.6 Å². The number of aliphatic hydroxyl groups is 20. The minimum atomic E-state index is -3.56. The highest BCUT2D eigenvalue weighted by Crippen LogP contribution is 2.43. The zero-order chi connectivity index (χ0) is 60.3. The van der Waals surface area contributed by atoms with Crippen LogP contribution in [0.2, 0.25) is 0 Å². The maximum absolute atomic E-state index is 13.2. The molecule has 0 bridgehead atoms. The van der Waals surface area contributed by atoms with Crippen molar-refractivity contribution in [3.05, 3.63) is 0 Å². The second-order valence-electron chi connectivity index (χ2n) is 20.3. The Hall–Kier alpha value is -2.83. The highest BCUT2D eigenvalue weighted by molar-refractivity contribution is 5.77. The molecule has 6 rings (SSSR count). The normalized spacial score (nSPS) is 46.7. The molecule has 0 spiro atoms. The van der Waals surface area contributed by atoms with Crippen molar-refractivity contribution in [3.63, 3.8) is 0 Å². The fourth-order valence-electron chi connectivity index (χ4n) is 10.2. The van der Waals surface area contributed by atoms with E-state index in [0.717, 1.165) is 6.92 Å². The number of carbonyl (C=O) groups is 3. The molecule has 0 saturated carbocycles. The van der Waals surface area contributed by atoms with E-state index in [2.05, 4.69) is 5.32 Å². The molecule has 6 aliphatic heterocycles. The Bertz CT molecular complexity index is 2040. The summed E-state index contributed by atoms with van der Waals surface area (Å²) in [5.41, 5.74) is 0. The van der Waals surface area contributed by atoms with Crippen LogP contribution < -0.4 is 5.32 Å². The average molecular weight is 1190 g/mol. The van der Waals surface area contributed by atoms with E-state index in [1.165, 1.54) is 0 Å². The third-order valence-corrected chi connectivity index (χ3v) is 14.6. The lowest BCUT2D eigenvalue weighted by Gasteiger charge is -2.53. The molecule has 31 atom stereocenters. The van der Waals surface area contributed by atoms with Gasteiger partial charge in [0.05, 0.1) is 64.1 Å². The minimum absolute atomic E-state index is 0.421. The van der Waals surface area contributed by atoms with Gasteiger partial charge in [-0.15, -0.1) is 0 Å². The fraction of sp³-hybridized carbons (Fsp3) is 0.932. The summed E-state index contributed by atoms with van der Waals surface area (Å²) in [5.74, 6) is -12.3. The molecule has 6 saturated heterocycles. The van der Waals surface area contributed by atoms with Gasteiger partial charge in [0.15, 0.2) is 25.2 Å². The maximum atomic E-state index is 13.2. The van der Waals surface area contributed by atoms with Gasteiger partial charge >= 0.3 is 11.9 Å². The quantitative estimate of drug-likeness (QED) is 0.0452. The number of nitrogens with one attached hydrogen (secondary N) is 1. The van der Waals surface area contributed by atoms with Gasteiger partial charge in [-0.3, -0.25) is 4.79 Å². The van der Waals surface area contributed by atoms with Crippen LogP contribution in [-0.4, -0.2) is 359 Å². The number of ether oxygens (including phenoxy) is 11. The van der Waals surface area contributed by atoms with Gasteiger partial charge in [-0.1, -0.05) is 0 Å². The van der Waals surface area contributed by atoms with Crippen LogP contribution in [0.3, 0.4) is 0 Å². The Labute approximate surface area is 456 Å². The molecule has 6 fully saturated rings. The highest BCUT2D eigenvalue weighted by Gasteiger charge is 2.63. The van der Waals surface area contributed by atoms with E-state index >= 15 is 0 Å². The summed E-state index contributed by atoms with van der Waals surface area (Å²) in [6, 6.07) is -1.82. The largest absolute Gasteiger partial charge is 0.477 e. The van der Waals surface area contributed by atoms with Gasteiger partial charge < -0.3 is 170 Å². The van der Waals surface area contributed by atoms with Crippen molar-refractivity contribution in [2.24, 2.45) is 0 Å². The number of aliphatic hydroxyl groups excluding tert-OH is 19. The van der Waals surface area contributed by atoms with E-state index in [1.807, 2.05) is 0 Å². The van der Waals surface area contributed by atoms with E-state index in [0.29, 0.717) is 0 Å². The van der Waals surface area contributed by atoms with Gasteiger partial charge in [0.2, 0.25) is 5.91 Å². The summed E-state index contributed by atoms with van der Waals surface area (Å²) >= 11 is 0. The molecule has 6 aliphatic rings.